The molecule has 302 valence electrons. The summed E-state index contributed by atoms with van der Waals surface area (Å²) in [6.45, 7) is 22.7. The fourth-order valence-corrected chi connectivity index (χ4v) is 13.4. The van der Waals surface area contributed by atoms with E-state index in [0.29, 0.717) is 19.4 Å². The number of carbonyl (C=O) groups is 4. The third-order valence-electron chi connectivity index (χ3n) is 16.8. The van der Waals surface area contributed by atoms with Crippen molar-refractivity contribution in [2.24, 2.45) is 50.2 Å². The number of ketones is 1. The number of nitrogens with one attached hydrogen (secondary N) is 1. The largest absolute Gasteiger partial charge is 0.460 e. The van der Waals surface area contributed by atoms with E-state index < -0.39 is 23.2 Å². The van der Waals surface area contributed by atoms with Crippen LogP contribution in [0.4, 0.5) is 4.79 Å². The summed E-state index contributed by atoms with van der Waals surface area (Å²) in [6, 6.07) is 9.32. The Labute approximate surface area is 330 Å². The normalized spacial score (nSPS) is 40.8. The second-order valence-electron chi connectivity index (χ2n) is 21.6. The summed E-state index contributed by atoms with van der Waals surface area (Å²) in [5, 5.41) is 3.44. The van der Waals surface area contributed by atoms with E-state index >= 15 is 0 Å². The third-order valence-corrected chi connectivity index (χ3v) is 16.8. The summed E-state index contributed by atoms with van der Waals surface area (Å²) >= 11 is 0. The zero-order valence-corrected chi connectivity index (χ0v) is 35.4. The first kappa shape index (κ1) is 40.1. The lowest BCUT2D eigenvalue weighted by atomic mass is 9.33. The van der Waals surface area contributed by atoms with Crippen molar-refractivity contribution < 1.29 is 28.7 Å². The minimum atomic E-state index is -0.625. The molecule has 1 saturated heterocycles. The molecule has 1 aliphatic heterocycles. The summed E-state index contributed by atoms with van der Waals surface area (Å²) < 4.78 is 11.6. The molecule has 1 N–H and O–H groups in total. The zero-order chi connectivity index (χ0) is 40.0. The van der Waals surface area contributed by atoms with Gasteiger partial charge in [0.05, 0.1) is 5.41 Å². The van der Waals surface area contributed by atoms with Crippen LogP contribution in [0.25, 0.3) is 0 Å². The number of hydrogen-bond acceptors (Lipinski definition) is 6. The molecule has 0 spiro atoms. The highest BCUT2D eigenvalue weighted by atomic mass is 16.6. The van der Waals surface area contributed by atoms with Crippen molar-refractivity contribution >= 4 is 23.8 Å². The lowest BCUT2D eigenvalue weighted by Crippen LogP contribution is -2.68. The summed E-state index contributed by atoms with van der Waals surface area (Å²) in [6.07, 6.45) is 11.3. The average Bonchev–Trinajstić information content (AvgIpc) is 3.61. The summed E-state index contributed by atoms with van der Waals surface area (Å²) in [7, 11) is 0. The van der Waals surface area contributed by atoms with Crippen LogP contribution in [0, 0.1) is 50.2 Å². The predicted molar refractivity (Wildman–Crippen MR) is 214 cm³/mol. The molecule has 10 atom stereocenters. The fraction of sp³-hybridized carbons (Fsp3) is 0.745. The molecule has 8 nitrogen and oxygen atoms in total. The van der Waals surface area contributed by atoms with Gasteiger partial charge in [-0.25, -0.2) is 4.79 Å². The first-order chi connectivity index (χ1) is 25.6. The Kier molecular flexibility index (Phi) is 9.81. The number of likely N-dealkylation sites (tertiary alicyclic amines) is 1. The number of amides is 2. The Bertz CT molecular complexity index is 1750. The number of nitrogens with zero attached hydrogens (tertiary/aromatic N) is 1. The van der Waals surface area contributed by atoms with Crippen LogP contribution >= 0.6 is 0 Å². The van der Waals surface area contributed by atoms with E-state index in [2.05, 4.69) is 59.9 Å². The topological polar surface area (TPSA) is 102 Å². The monoisotopic (exact) mass is 757 g/mol. The smallest absolute Gasteiger partial charge is 0.410 e. The number of hydrogen-bond donors (Lipinski definition) is 1. The Morgan fingerprint density at radius 2 is 1.56 bits per heavy atom. The van der Waals surface area contributed by atoms with Crippen LogP contribution in [0.5, 0.6) is 0 Å². The van der Waals surface area contributed by atoms with Crippen LogP contribution in [0.15, 0.2) is 42.0 Å². The highest BCUT2D eigenvalue weighted by Crippen LogP contribution is 2.75. The van der Waals surface area contributed by atoms with E-state index in [1.54, 1.807) is 4.90 Å². The van der Waals surface area contributed by atoms with Gasteiger partial charge in [-0.05, 0) is 149 Å². The molecule has 0 radical (unpaired) electrons. The molecule has 1 heterocycles. The molecule has 0 aromatic heterocycles. The maximum atomic E-state index is 15.0. The first-order valence-corrected chi connectivity index (χ1v) is 21.4. The maximum Gasteiger partial charge on any atom is 0.410 e. The van der Waals surface area contributed by atoms with Gasteiger partial charge in [-0.3, -0.25) is 19.3 Å². The van der Waals surface area contributed by atoms with Gasteiger partial charge in [0.1, 0.15) is 18.2 Å². The van der Waals surface area contributed by atoms with Crippen molar-refractivity contribution in [1.82, 2.24) is 10.2 Å². The third kappa shape index (κ3) is 6.48. The average molecular weight is 757 g/mol. The van der Waals surface area contributed by atoms with E-state index in [0.717, 1.165) is 63.4 Å². The Morgan fingerprint density at radius 3 is 2.25 bits per heavy atom. The van der Waals surface area contributed by atoms with Crippen molar-refractivity contribution in [3.05, 3.63) is 47.5 Å². The first-order valence-electron chi connectivity index (χ1n) is 21.4. The van der Waals surface area contributed by atoms with Crippen LogP contribution in [-0.4, -0.2) is 52.9 Å². The van der Waals surface area contributed by atoms with Gasteiger partial charge < -0.3 is 14.8 Å². The number of benzene rings is 1. The van der Waals surface area contributed by atoms with Crippen LogP contribution in [-0.2, 0) is 30.5 Å². The van der Waals surface area contributed by atoms with Crippen molar-refractivity contribution in [2.45, 2.75) is 164 Å². The maximum absolute atomic E-state index is 15.0. The Balaban J connectivity index is 1.12. The fourth-order valence-electron chi connectivity index (χ4n) is 13.4. The van der Waals surface area contributed by atoms with Crippen LogP contribution < -0.4 is 5.32 Å². The Hall–Kier alpha value is -3.16. The molecule has 0 bridgehead atoms. The minimum absolute atomic E-state index is 0.0474. The lowest BCUT2D eigenvalue weighted by molar-refractivity contribution is -0.190. The highest BCUT2D eigenvalue weighted by molar-refractivity contribution is 5.96. The molecule has 0 unspecified atom stereocenters. The van der Waals surface area contributed by atoms with Gasteiger partial charge in [0.2, 0.25) is 5.91 Å². The number of esters is 1. The van der Waals surface area contributed by atoms with Crippen LogP contribution in [0.3, 0.4) is 0 Å². The van der Waals surface area contributed by atoms with Crippen molar-refractivity contribution in [1.29, 1.82) is 0 Å². The Morgan fingerprint density at radius 1 is 0.873 bits per heavy atom. The molecule has 7 rings (SSSR count). The molecule has 1 aromatic carbocycles. The second-order valence-corrected chi connectivity index (χ2v) is 21.6. The van der Waals surface area contributed by atoms with Gasteiger partial charge in [0, 0.05) is 18.5 Å². The molecule has 2 amide bonds. The highest BCUT2D eigenvalue weighted by Gasteiger charge is 2.70. The van der Waals surface area contributed by atoms with E-state index in [1.165, 1.54) is 5.57 Å². The van der Waals surface area contributed by atoms with Crippen LogP contribution in [0.2, 0.25) is 0 Å². The lowest BCUT2D eigenvalue weighted by Gasteiger charge is -2.70. The number of carbonyl (C=O) groups excluding carboxylic acids is 4. The molecule has 5 aliphatic carbocycles. The second kappa shape index (κ2) is 13.5. The molecule has 55 heavy (non-hydrogen) atoms. The van der Waals surface area contributed by atoms with E-state index in [1.807, 2.05) is 51.1 Å². The molecular weight excluding hydrogens is 689 g/mol. The van der Waals surface area contributed by atoms with E-state index in [9.17, 15) is 19.2 Å². The van der Waals surface area contributed by atoms with E-state index in [4.69, 9.17) is 9.47 Å². The van der Waals surface area contributed by atoms with Crippen molar-refractivity contribution in [3.63, 3.8) is 0 Å². The quantitative estimate of drug-likeness (QED) is 0.301. The molecular formula is C47H68N2O6. The minimum Gasteiger partial charge on any atom is -0.460 e. The number of allylic oxidation sites excluding steroid dienone is 2. The predicted octanol–water partition coefficient (Wildman–Crippen LogP) is 9.59. The summed E-state index contributed by atoms with van der Waals surface area (Å²) in [4.78, 5) is 57.4. The van der Waals surface area contributed by atoms with Crippen molar-refractivity contribution in [2.75, 3.05) is 6.54 Å². The van der Waals surface area contributed by atoms with Crippen LogP contribution in [0.1, 0.15) is 145 Å². The summed E-state index contributed by atoms with van der Waals surface area (Å²) in [5.41, 5.74) is 0.266. The van der Waals surface area contributed by atoms with E-state index in [-0.39, 0.29) is 75.1 Å². The number of rotatable bonds is 5. The number of fused-ring (bicyclic) bond motifs is 7. The molecule has 5 fully saturated rings. The van der Waals surface area contributed by atoms with Gasteiger partial charge in [-0.1, -0.05) is 77.4 Å². The summed E-state index contributed by atoms with van der Waals surface area (Å²) in [5.74, 6) is 0.338. The van der Waals surface area contributed by atoms with Gasteiger partial charge in [-0.2, -0.15) is 0 Å². The van der Waals surface area contributed by atoms with Crippen molar-refractivity contribution in [3.8, 4) is 0 Å². The van der Waals surface area contributed by atoms with Gasteiger partial charge in [0.15, 0.2) is 5.78 Å². The molecule has 8 heteroatoms. The zero-order valence-electron chi connectivity index (χ0n) is 35.4. The standard InChI is InChI=1S/C47H68N2O6/c1-41(2,3)55-40(53)49-26-14-17-33(49)38(51)48-36-19-20-45(8)35(42(36,4)5)18-21-47(10)37(45)34(50)27-31-32-28-44(7,23-22-43(32,6)24-25-46(31,47)9)39(52)54-29-30-15-12-11-13-16-30/h11-13,15-16,27,32-33,35-37H,14,17-26,28-29H2,1-10H3,(H,48,51)/t32-,33-,35-,36-,37+,43+,44-,45-,46+,47+/m0/s1. The van der Waals surface area contributed by atoms with Gasteiger partial charge in [0.25, 0.3) is 0 Å². The molecule has 4 saturated carbocycles. The van der Waals surface area contributed by atoms with Gasteiger partial charge >= 0.3 is 12.1 Å². The molecule has 6 aliphatic rings. The molecule has 1 aromatic rings. The SMILES string of the molecule is CC(C)(C)OC(=O)N1CCC[C@H]1C(=O)N[C@H]1CC[C@]2(C)[C@H]3C(=O)C=C4[C@@H]5C[C@@](C)(C(=O)OCc6ccccc6)CC[C@]5(C)CC[C@@]4(C)[C@]3(C)CC[C@H]2C1(C)C. The number of ether oxygens (including phenoxy) is 2. The van der Waals surface area contributed by atoms with Gasteiger partial charge in [-0.15, -0.1) is 0 Å².